The van der Waals surface area contributed by atoms with Crippen LogP contribution in [0, 0.1) is 0 Å². The summed E-state index contributed by atoms with van der Waals surface area (Å²) in [6, 6.07) is 20.8. The molecule has 1 N–H and O–H groups in total. The Bertz CT molecular complexity index is 499. The molecule has 0 atom stereocenters. The molecule has 110 valence electrons. The standard InChI is InChI=1S/C12H10.C5H9NO3/c1-3-7-11(8-4-1)12-9-5-2-6-10-12;7-5(8)6-1-3-9-4-2-6/h1-10H;1-4H2,(H,7,8). The summed E-state index contributed by atoms with van der Waals surface area (Å²) in [5.74, 6) is 0. The van der Waals surface area contributed by atoms with Gasteiger partial charge >= 0.3 is 6.09 Å². The fraction of sp³-hybridized carbons (Fsp3) is 0.235. The van der Waals surface area contributed by atoms with E-state index in [-0.39, 0.29) is 0 Å². The molecule has 0 spiro atoms. The SMILES string of the molecule is O=C(O)N1CCOCC1.c1ccc(-c2ccccc2)cc1. The van der Waals surface area contributed by atoms with Gasteiger partial charge in [-0.2, -0.15) is 0 Å². The molecule has 1 aliphatic rings. The summed E-state index contributed by atoms with van der Waals surface area (Å²) >= 11 is 0. The van der Waals surface area contributed by atoms with Gasteiger partial charge in [0.25, 0.3) is 0 Å². The van der Waals surface area contributed by atoms with Gasteiger partial charge in [-0.15, -0.1) is 0 Å². The monoisotopic (exact) mass is 285 g/mol. The molecular formula is C17H19NO3. The van der Waals surface area contributed by atoms with Crippen molar-refractivity contribution in [2.75, 3.05) is 26.3 Å². The number of morpholine rings is 1. The molecule has 21 heavy (non-hydrogen) atoms. The summed E-state index contributed by atoms with van der Waals surface area (Å²) in [5, 5.41) is 8.41. The Kier molecular flexibility index (Phi) is 5.79. The van der Waals surface area contributed by atoms with Crippen LogP contribution in [0.3, 0.4) is 0 Å². The molecule has 1 saturated heterocycles. The third kappa shape index (κ3) is 4.93. The fourth-order valence-corrected chi connectivity index (χ4v) is 2.02. The van der Waals surface area contributed by atoms with E-state index in [1.54, 1.807) is 0 Å². The molecule has 0 unspecified atom stereocenters. The topological polar surface area (TPSA) is 49.8 Å². The van der Waals surface area contributed by atoms with Gasteiger partial charge in [-0.05, 0) is 11.1 Å². The van der Waals surface area contributed by atoms with Crippen LogP contribution >= 0.6 is 0 Å². The fourth-order valence-electron chi connectivity index (χ4n) is 2.02. The molecule has 0 saturated carbocycles. The number of hydrogen-bond acceptors (Lipinski definition) is 2. The minimum absolute atomic E-state index is 0.509. The van der Waals surface area contributed by atoms with Crippen molar-refractivity contribution in [2.24, 2.45) is 0 Å². The smallest absolute Gasteiger partial charge is 0.407 e. The average Bonchev–Trinajstić information content (AvgIpc) is 2.58. The number of benzene rings is 2. The van der Waals surface area contributed by atoms with Crippen molar-refractivity contribution < 1.29 is 14.6 Å². The number of nitrogens with zero attached hydrogens (tertiary/aromatic N) is 1. The van der Waals surface area contributed by atoms with Crippen LogP contribution in [-0.4, -0.2) is 42.4 Å². The Morgan fingerprint density at radius 1 is 0.857 bits per heavy atom. The second kappa shape index (κ2) is 8.07. The first kappa shape index (κ1) is 15.1. The summed E-state index contributed by atoms with van der Waals surface area (Å²) in [6.45, 7) is 2.09. The van der Waals surface area contributed by atoms with Crippen molar-refractivity contribution >= 4 is 6.09 Å². The van der Waals surface area contributed by atoms with Gasteiger partial charge in [-0.1, -0.05) is 60.7 Å². The first-order chi connectivity index (χ1) is 10.3. The second-order valence-electron chi connectivity index (χ2n) is 4.61. The van der Waals surface area contributed by atoms with Gasteiger partial charge in [0, 0.05) is 13.1 Å². The Balaban J connectivity index is 0.000000161. The van der Waals surface area contributed by atoms with Crippen LogP contribution in [0.1, 0.15) is 0 Å². The van der Waals surface area contributed by atoms with E-state index >= 15 is 0 Å². The molecule has 4 heteroatoms. The molecule has 0 radical (unpaired) electrons. The molecule has 2 aromatic rings. The average molecular weight is 285 g/mol. The van der Waals surface area contributed by atoms with Crippen LogP contribution < -0.4 is 0 Å². The van der Waals surface area contributed by atoms with E-state index in [9.17, 15) is 4.79 Å². The van der Waals surface area contributed by atoms with Crippen molar-refractivity contribution in [3.05, 3.63) is 60.7 Å². The van der Waals surface area contributed by atoms with E-state index in [0.717, 1.165) is 0 Å². The minimum Gasteiger partial charge on any atom is -0.465 e. The second-order valence-corrected chi connectivity index (χ2v) is 4.61. The van der Waals surface area contributed by atoms with Crippen molar-refractivity contribution in [3.63, 3.8) is 0 Å². The van der Waals surface area contributed by atoms with Crippen molar-refractivity contribution in [1.29, 1.82) is 0 Å². The largest absolute Gasteiger partial charge is 0.465 e. The first-order valence-electron chi connectivity index (χ1n) is 6.93. The number of carbonyl (C=O) groups is 1. The van der Waals surface area contributed by atoms with Crippen molar-refractivity contribution in [2.45, 2.75) is 0 Å². The molecule has 3 rings (SSSR count). The molecule has 1 heterocycles. The third-order valence-electron chi connectivity index (χ3n) is 3.16. The Labute approximate surface area is 124 Å². The quantitative estimate of drug-likeness (QED) is 0.874. The molecular weight excluding hydrogens is 266 g/mol. The zero-order valence-corrected chi connectivity index (χ0v) is 11.8. The maximum absolute atomic E-state index is 10.2. The number of hydrogen-bond donors (Lipinski definition) is 1. The number of amides is 1. The zero-order valence-electron chi connectivity index (χ0n) is 11.8. The van der Waals surface area contributed by atoms with Crippen LogP contribution in [0.25, 0.3) is 11.1 Å². The molecule has 1 fully saturated rings. The lowest BCUT2D eigenvalue weighted by molar-refractivity contribution is 0.0392. The van der Waals surface area contributed by atoms with Crippen LogP contribution in [-0.2, 0) is 4.74 Å². The summed E-state index contributed by atoms with van der Waals surface area (Å²) in [7, 11) is 0. The van der Waals surface area contributed by atoms with Crippen LogP contribution in [0.5, 0.6) is 0 Å². The van der Waals surface area contributed by atoms with E-state index in [4.69, 9.17) is 9.84 Å². The lowest BCUT2D eigenvalue weighted by Gasteiger charge is -2.23. The maximum atomic E-state index is 10.2. The predicted octanol–water partition coefficient (Wildman–Crippen LogP) is 3.35. The van der Waals surface area contributed by atoms with Crippen molar-refractivity contribution in [3.8, 4) is 11.1 Å². The third-order valence-corrected chi connectivity index (χ3v) is 3.16. The normalized spacial score (nSPS) is 14.0. The zero-order chi connectivity index (χ0) is 14.9. The summed E-state index contributed by atoms with van der Waals surface area (Å²) < 4.78 is 4.94. The van der Waals surface area contributed by atoms with E-state index < -0.39 is 6.09 Å². The van der Waals surface area contributed by atoms with E-state index in [2.05, 4.69) is 48.5 Å². The number of rotatable bonds is 1. The Morgan fingerprint density at radius 2 is 1.29 bits per heavy atom. The molecule has 0 bridgehead atoms. The van der Waals surface area contributed by atoms with E-state index in [1.807, 2.05) is 12.1 Å². The molecule has 0 aromatic heterocycles. The summed E-state index contributed by atoms with van der Waals surface area (Å²) in [4.78, 5) is 11.6. The Hall–Kier alpha value is -2.33. The van der Waals surface area contributed by atoms with Crippen LogP contribution in [0.2, 0.25) is 0 Å². The summed E-state index contributed by atoms with van der Waals surface area (Å²) in [5.41, 5.74) is 2.55. The van der Waals surface area contributed by atoms with Gasteiger partial charge in [0.1, 0.15) is 0 Å². The van der Waals surface area contributed by atoms with E-state index in [1.165, 1.54) is 16.0 Å². The number of carboxylic acid groups (broad SMARTS) is 1. The van der Waals surface area contributed by atoms with Gasteiger partial charge < -0.3 is 14.7 Å². The van der Waals surface area contributed by atoms with Gasteiger partial charge in [0.15, 0.2) is 0 Å². The molecule has 0 aliphatic carbocycles. The highest BCUT2D eigenvalue weighted by Crippen LogP contribution is 2.17. The highest BCUT2D eigenvalue weighted by atomic mass is 16.5. The Morgan fingerprint density at radius 3 is 1.62 bits per heavy atom. The first-order valence-corrected chi connectivity index (χ1v) is 6.93. The van der Waals surface area contributed by atoms with Crippen LogP contribution in [0.15, 0.2) is 60.7 Å². The lowest BCUT2D eigenvalue weighted by atomic mass is 10.1. The lowest BCUT2D eigenvalue weighted by Crippen LogP contribution is -2.39. The van der Waals surface area contributed by atoms with E-state index in [0.29, 0.717) is 26.3 Å². The van der Waals surface area contributed by atoms with Crippen LogP contribution in [0.4, 0.5) is 4.79 Å². The minimum atomic E-state index is -0.849. The van der Waals surface area contributed by atoms with Gasteiger partial charge in [-0.3, -0.25) is 0 Å². The number of ether oxygens (including phenoxy) is 1. The van der Waals surface area contributed by atoms with Gasteiger partial charge in [0.2, 0.25) is 0 Å². The molecule has 1 amide bonds. The summed E-state index contributed by atoms with van der Waals surface area (Å²) in [6.07, 6.45) is -0.849. The van der Waals surface area contributed by atoms with Crippen molar-refractivity contribution in [1.82, 2.24) is 4.90 Å². The van der Waals surface area contributed by atoms with Gasteiger partial charge in [0.05, 0.1) is 13.2 Å². The molecule has 1 aliphatic heterocycles. The predicted molar refractivity (Wildman–Crippen MR) is 82.3 cm³/mol. The highest BCUT2D eigenvalue weighted by Gasteiger charge is 2.14. The maximum Gasteiger partial charge on any atom is 0.407 e. The molecule has 2 aromatic carbocycles. The molecule has 4 nitrogen and oxygen atoms in total. The highest BCUT2D eigenvalue weighted by molar-refractivity contribution is 5.65. The van der Waals surface area contributed by atoms with Gasteiger partial charge in [-0.25, -0.2) is 4.79 Å².